The van der Waals surface area contributed by atoms with Crippen LogP contribution >= 0.6 is 0 Å². The lowest BCUT2D eigenvalue weighted by atomic mass is 10.2. The van der Waals surface area contributed by atoms with Crippen LogP contribution in [0.3, 0.4) is 0 Å². The van der Waals surface area contributed by atoms with Crippen molar-refractivity contribution in [2.75, 3.05) is 34.0 Å². The van der Waals surface area contributed by atoms with Gasteiger partial charge in [-0.3, -0.25) is 0 Å². The molecule has 0 saturated heterocycles. The van der Waals surface area contributed by atoms with Crippen molar-refractivity contribution in [3.05, 3.63) is 35.9 Å². The van der Waals surface area contributed by atoms with Crippen molar-refractivity contribution in [1.82, 2.24) is 5.32 Å². The monoisotopic (exact) mass is 265 g/mol. The van der Waals surface area contributed by atoms with Gasteiger partial charge >= 0.3 is 0 Å². The number of methoxy groups -OCH3 is 2. The highest BCUT2D eigenvalue weighted by molar-refractivity contribution is 5.43. The summed E-state index contributed by atoms with van der Waals surface area (Å²) in [6.07, 6.45) is 3.92. The largest absolute Gasteiger partial charge is 0.493 e. The second-order valence-electron chi connectivity index (χ2n) is 4.03. The molecule has 1 N–H and O–H groups in total. The Hall–Kier alpha value is -1.52. The Morgan fingerprint density at radius 3 is 2.74 bits per heavy atom. The lowest BCUT2D eigenvalue weighted by Crippen LogP contribution is -2.18. The SMILES string of the molecule is C/C=C/COc1ccc(CNCCOC)cc1OC. The Morgan fingerprint density at radius 2 is 2.05 bits per heavy atom. The Labute approximate surface area is 115 Å². The molecular weight excluding hydrogens is 242 g/mol. The third-order valence-corrected chi connectivity index (χ3v) is 2.61. The minimum atomic E-state index is 0.554. The summed E-state index contributed by atoms with van der Waals surface area (Å²) in [5.41, 5.74) is 1.16. The van der Waals surface area contributed by atoms with Gasteiger partial charge in [-0.15, -0.1) is 0 Å². The Balaban J connectivity index is 2.56. The maximum Gasteiger partial charge on any atom is 0.161 e. The summed E-state index contributed by atoms with van der Waals surface area (Å²) in [4.78, 5) is 0. The van der Waals surface area contributed by atoms with Gasteiger partial charge in [-0.1, -0.05) is 18.2 Å². The minimum Gasteiger partial charge on any atom is -0.493 e. The molecule has 1 aromatic rings. The molecule has 0 atom stereocenters. The van der Waals surface area contributed by atoms with Crippen LogP contribution in [0.5, 0.6) is 11.5 Å². The first-order valence-corrected chi connectivity index (χ1v) is 6.42. The molecule has 0 aromatic heterocycles. The minimum absolute atomic E-state index is 0.554. The average molecular weight is 265 g/mol. The molecule has 4 nitrogen and oxygen atoms in total. The van der Waals surface area contributed by atoms with E-state index >= 15 is 0 Å². The molecule has 0 fully saturated rings. The highest BCUT2D eigenvalue weighted by atomic mass is 16.5. The van der Waals surface area contributed by atoms with E-state index in [1.807, 2.05) is 37.3 Å². The standard InChI is InChI=1S/C15H23NO3/c1-4-5-9-19-14-7-6-13(11-15(14)18-3)12-16-8-10-17-2/h4-7,11,16H,8-10,12H2,1-3H3/b5-4+. The van der Waals surface area contributed by atoms with E-state index in [2.05, 4.69) is 5.32 Å². The first kappa shape index (κ1) is 15.5. The van der Waals surface area contributed by atoms with E-state index in [9.17, 15) is 0 Å². The van der Waals surface area contributed by atoms with Gasteiger partial charge in [0.1, 0.15) is 6.61 Å². The molecule has 0 aliphatic rings. The van der Waals surface area contributed by atoms with Crippen molar-refractivity contribution in [1.29, 1.82) is 0 Å². The molecule has 0 saturated carbocycles. The zero-order chi connectivity index (χ0) is 13.9. The van der Waals surface area contributed by atoms with Gasteiger partial charge in [0.05, 0.1) is 13.7 Å². The van der Waals surface area contributed by atoms with Crippen molar-refractivity contribution in [2.24, 2.45) is 0 Å². The number of rotatable bonds is 9. The molecule has 0 heterocycles. The van der Waals surface area contributed by atoms with E-state index in [1.54, 1.807) is 14.2 Å². The van der Waals surface area contributed by atoms with E-state index in [0.29, 0.717) is 13.2 Å². The van der Waals surface area contributed by atoms with Crippen LogP contribution in [-0.4, -0.2) is 34.0 Å². The normalized spacial score (nSPS) is 10.9. The van der Waals surface area contributed by atoms with Crippen LogP contribution < -0.4 is 14.8 Å². The molecular formula is C15H23NO3. The quantitative estimate of drug-likeness (QED) is 0.550. The number of hydrogen-bond donors (Lipinski definition) is 1. The molecule has 0 amide bonds. The van der Waals surface area contributed by atoms with E-state index in [4.69, 9.17) is 14.2 Å². The summed E-state index contributed by atoms with van der Waals surface area (Å²) in [5.74, 6) is 1.52. The second-order valence-corrected chi connectivity index (χ2v) is 4.03. The van der Waals surface area contributed by atoms with E-state index in [-0.39, 0.29) is 0 Å². The Kier molecular flexibility index (Phi) is 7.70. The third kappa shape index (κ3) is 5.77. The highest BCUT2D eigenvalue weighted by Crippen LogP contribution is 2.28. The van der Waals surface area contributed by atoms with Gasteiger partial charge < -0.3 is 19.5 Å². The van der Waals surface area contributed by atoms with Gasteiger partial charge in [-0.05, 0) is 24.6 Å². The van der Waals surface area contributed by atoms with Crippen LogP contribution in [-0.2, 0) is 11.3 Å². The first-order valence-electron chi connectivity index (χ1n) is 6.42. The predicted octanol–water partition coefficient (Wildman–Crippen LogP) is 2.39. The molecule has 0 radical (unpaired) electrons. The third-order valence-electron chi connectivity index (χ3n) is 2.61. The van der Waals surface area contributed by atoms with Gasteiger partial charge in [0.15, 0.2) is 11.5 Å². The molecule has 19 heavy (non-hydrogen) atoms. The van der Waals surface area contributed by atoms with Crippen LogP contribution in [0.1, 0.15) is 12.5 Å². The van der Waals surface area contributed by atoms with Crippen molar-refractivity contribution < 1.29 is 14.2 Å². The zero-order valence-electron chi connectivity index (χ0n) is 11.9. The van der Waals surface area contributed by atoms with Gasteiger partial charge in [0.25, 0.3) is 0 Å². The molecule has 0 bridgehead atoms. The van der Waals surface area contributed by atoms with Crippen molar-refractivity contribution >= 4 is 0 Å². The fourth-order valence-corrected chi connectivity index (χ4v) is 1.58. The summed E-state index contributed by atoms with van der Waals surface area (Å²) >= 11 is 0. The first-order chi connectivity index (χ1) is 9.31. The summed E-state index contributed by atoms with van der Waals surface area (Å²) in [6.45, 7) is 4.85. The number of ether oxygens (including phenoxy) is 3. The topological polar surface area (TPSA) is 39.7 Å². The van der Waals surface area contributed by atoms with Crippen molar-refractivity contribution in [3.8, 4) is 11.5 Å². The van der Waals surface area contributed by atoms with E-state index < -0.39 is 0 Å². The van der Waals surface area contributed by atoms with Crippen LogP contribution in [0.4, 0.5) is 0 Å². The van der Waals surface area contributed by atoms with E-state index in [0.717, 1.165) is 30.2 Å². The van der Waals surface area contributed by atoms with Gasteiger partial charge in [0.2, 0.25) is 0 Å². The van der Waals surface area contributed by atoms with Crippen molar-refractivity contribution in [2.45, 2.75) is 13.5 Å². The Bertz CT molecular complexity index is 391. The zero-order valence-corrected chi connectivity index (χ0v) is 11.9. The van der Waals surface area contributed by atoms with Crippen LogP contribution in [0.25, 0.3) is 0 Å². The summed E-state index contributed by atoms with van der Waals surface area (Å²) in [7, 11) is 3.35. The predicted molar refractivity (Wildman–Crippen MR) is 76.9 cm³/mol. The van der Waals surface area contributed by atoms with Gasteiger partial charge in [0, 0.05) is 20.2 Å². The molecule has 1 rings (SSSR count). The van der Waals surface area contributed by atoms with Gasteiger partial charge in [-0.2, -0.15) is 0 Å². The lowest BCUT2D eigenvalue weighted by molar-refractivity contribution is 0.199. The number of hydrogen-bond acceptors (Lipinski definition) is 4. The summed E-state index contributed by atoms with van der Waals surface area (Å²) in [5, 5.41) is 3.29. The molecule has 0 unspecified atom stereocenters. The molecule has 1 aromatic carbocycles. The van der Waals surface area contributed by atoms with E-state index in [1.165, 1.54) is 0 Å². The summed E-state index contributed by atoms with van der Waals surface area (Å²) < 4.78 is 15.9. The second kappa shape index (κ2) is 9.42. The molecule has 4 heteroatoms. The molecule has 106 valence electrons. The highest BCUT2D eigenvalue weighted by Gasteiger charge is 2.05. The number of benzene rings is 1. The smallest absolute Gasteiger partial charge is 0.161 e. The number of allylic oxidation sites excluding steroid dienone is 1. The van der Waals surface area contributed by atoms with Gasteiger partial charge in [-0.25, -0.2) is 0 Å². The molecule has 0 aliphatic carbocycles. The van der Waals surface area contributed by atoms with Crippen LogP contribution in [0.2, 0.25) is 0 Å². The fourth-order valence-electron chi connectivity index (χ4n) is 1.58. The summed E-state index contributed by atoms with van der Waals surface area (Å²) in [6, 6.07) is 5.97. The van der Waals surface area contributed by atoms with Crippen LogP contribution in [0, 0.1) is 0 Å². The molecule has 0 spiro atoms. The maximum atomic E-state index is 5.61. The maximum absolute atomic E-state index is 5.61. The average Bonchev–Trinajstić information content (AvgIpc) is 2.45. The van der Waals surface area contributed by atoms with Crippen molar-refractivity contribution in [3.63, 3.8) is 0 Å². The fraction of sp³-hybridized carbons (Fsp3) is 0.467. The Morgan fingerprint density at radius 1 is 1.21 bits per heavy atom. The van der Waals surface area contributed by atoms with Crippen LogP contribution in [0.15, 0.2) is 30.4 Å². The molecule has 0 aliphatic heterocycles. The number of nitrogens with one attached hydrogen (secondary N) is 1. The lowest BCUT2D eigenvalue weighted by Gasteiger charge is -2.11.